The molecule has 39 heavy (non-hydrogen) atoms. The lowest BCUT2D eigenvalue weighted by Crippen LogP contribution is -2.62. The standard InChI is InChI=1S/C28H35N7O3S/c1-17(35-9-8-21(31-35)18-6-4-5-7-18)24-30-23(32-38-24)20-12-33(26(37)22-11-29-16-39-22)13-28(20)14-34(15-28)25(36)19-10-27(19,2)3/h8-9,11,16-20H,4-7,10,12-15H2,1-3H3/t17?,19-,20?/m1/s1. The molecular formula is C28H35N7O3S. The molecule has 2 saturated heterocycles. The van der Waals surface area contributed by atoms with Gasteiger partial charge < -0.3 is 14.3 Å². The van der Waals surface area contributed by atoms with E-state index in [4.69, 9.17) is 14.6 Å². The molecule has 11 heteroatoms. The second-order valence-electron chi connectivity index (χ2n) is 12.8. The van der Waals surface area contributed by atoms with E-state index in [1.165, 1.54) is 37.0 Å². The van der Waals surface area contributed by atoms with Gasteiger partial charge in [-0.15, -0.1) is 11.3 Å². The molecule has 2 saturated carbocycles. The van der Waals surface area contributed by atoms with Crippen LogP contribution in [0.25, 0.3) is 0 Å². The first-order valence-corrected chi connectivity index (χ1v) is 15.0. The Hall–Kier alpha value is -3.08. The maximum Gasteiger partial charge on any atom is 0.265 e. The lowest BCUT2D eigenvalue weighted by Gasteiger charge is -2.50. The van der Waals surface area contributed by atoms with Crippen molar-refractivity contribution < 1.29 is 14.1 Å². The Bertz CT molecular complexity index is 1380. The Labute approximate surface area is 231 Å². The van der Waals surface area contributed by atoms with Crippen molar-refractivity contribution in [1.29, 1.82) is 0 Å². The maximum atomic E-state index is 13.3. The minimum absolute atomic E-state index is 0.0273. The van der Waals surface area contributed by atoms with Crippen LogP contribution in [0, 0.1) is 16.7 Å². The van der Waals surface area contributed by atoms with Gasteiger partial charge in [-0.3, -0.25) is 19.3 Å². The van der Waals surface area contributed by atoms with Gasteiger partial charge in [-0.25, -0.2) is 0 Å². The van der Waals surface area contributed by atoms with E-state index in [9.17, 15) is 9.59 Å². The van der Waals surface area contributed by atoms with Gasteiger partial charge >= 0.3 is 0 Å². The van der Waals surface area contributed by atoms with Crippen molar-refractivity contribution in [2.24, 2.45) is 16.7 Å². The number of carbonyl (C=O) groups is 2. The van der Waals surface area contributed by atoms with Crippen LogP contribution in [0.1, 0.15) is 97.8 Å². The van der Waals surface area contributed by atoms with E-state index >= 15 is 0 Å². The van der Waals surface area contributed by atoms with Gasteiger partial charge in [-0.1, -0.05) is 31.8 Å². The zero-order chi connectivity index (χ0) is 26.9. The third-order valence-electron chi connectivity index (χ3n) is 9.64. The highest BCUT2D eigenvalue weighted by Gasteiger charge is 2.61. The quantitative estimate of drug-likeness (QED) is 0.455. The molecule has 4 fully saturated rings. The van der Waals surface area contributed by atoms with Crippen LogP contribution in [0.3, 0.4) is 0 Å². The third-order valence-corrected chi connectivity index (χ3v) is 10.4. The van der Waals surface area contributed by atoms with Crippen molar-refractivity contribution in [3.05, 3.63) is 46.3 Å². The average Bonchev–Trinajstić information content (AvgIpc) is 3.63. The molecule has 3 aromatic heterocycles. The van der Waals surface area contributed by atoms with E-state index in [2.05, 4.69) is 30.1 Å². The fraction of sp³-hybridized carbons (Fsp3) is 0.643. The first-order chi connectivity index (χ1) is 18.7. The predicted molar refractivity (Wildman–Crippen MR) is 143 cm³/mol. The molecule has 2 aliphatic carbocycles. The summed E-state index contributed by atoms with van der Waals surface area (Å²) in [5.74, 6) is 1.87. The molecule has 0 radical (unpaired) electrons. The van der Waals surface area contributed by atoms with Crippen LogP contribution < -0.4 is 0 Å². The average molecular weight is 550 g/mol. The van der Waals surface area contributed by atoms with Crippen molar-refractivity contribution in [2.45, 2.75) is 70.8 Å². The summed E-state index contributed by atoms with van der Waals surface area (Å²) >= 11 is 1.35. The molecule has 1 spiro atoms. The van der Waals surface area contributed by atoms with Gasteiger partial charge in [-0.2, -0.15) is 10.1 Å². The summed E-state index contributed by atoms with van der Waals surface area (Å²) in [5, 5.41) is 9.27. The molecule has 4 aliphatic rings. The molecule has 5 heterocycles. The molecule has 0 N–H and O–H groups in total. The van der Waals surface area contributed by atoms with Gasteiger partial charge in [0.1, 0.15) is 10.9 Å². The number of likely N-dealkylation sites (tertiary alicyclic amines) is 2. The third kappa shape index (κ3) is 4.20. The highest BCUT2D eigenvalue weighted by molar-refractivity contribution is 7.11. The van der Waals surface area contributed by atoms with Gasteiger partial charge in [0.05, 0.1) is 23.3 Å². The molecule has 206 valence electrons. The topological polar surface area (TPSA) is 110 Å². The van der Waals surface area contributed by atoms with Gasteiger partial charge in [0, 0.05) is 49.6 Å². The molecule has 2 unspecified atom stereocenters. The molecule has 3 aromatic rings. The predicted octanol–water partition coefficient (Wildman–Crippen LogP) is 4.10. The van der Waals surface area contributed by atoms with Crippen molar-refractivity contribution in [3.63, 3.8) is 0 Å². The van der Waals surface area contributed by atoms with Crippen molar-refractivity contribution in [1.82, 2.24) is 34.7 Å². The summed E-state index contributed by atoms with van der Waals surface area (Å²) in [7, 11) is 0. The molecule has 10 nitrogen and oxygen atoms in total. The second kappa shape index (κ2) is 8.97. The zero-order valence-electron chi connectivity index (χ0n) is 22.7. The fourth-order valence-corrected chi connectivity index (χ4v) is 7.52. The van der Waals surface area contributed by atoms with E-state index in [0.717, 1.165) is 12.1 Å². The van der Waals surface area contributed by atoms with Gasteiger partial charge in [0.2, 0.25) is 5.91 Å². The van der Waals surface area contributed by atoms with Crippen LogP contribution in [0.5, 0.6) is 0 Å². The highest BCUT2D eigenvalue weighted by Crippen LogP contribution is 2.55. The number of aromatic nitrogens is 5. The Kier molecular flexibility index (Phi) is 5.73. The largest absolute Gasteiger partial charge is 0.341 e. The van der Waals surface area contributed by atoms with Crippen LogP contribution in [-0.2, 0) is 4.79 Å². The minimum atomic E-state index is -0.277. The van der Waals surface area contributed by atoms with Crippen LogP contribution in [0.4, 0.5) is 0 Å². The number of rotatable bonds is 6. The van der Waals surface area contributed by atoms with Crippen LogP contribution in [0.15, 0.2) is 28.5 Å². The summed E-state index contributed by atoms with van der Waals surface area (Å²) in [4.78, 5) is 39.8. The number of hydrogen-bond acceptors (Lipinski definition) is 8. The Morgan fingerprint density at radius 1 is 1.15 bits per heavy atom. The molecule has 2 aliphatic heterocycles. The van der Waals surface area contributed by atoms with E-state index in [1.807, 2.05) is 27.6 Å². The molecule has 0 bridgehead atoms. The molecule has 7 rings (SSSR count). The second-order valence-corrected chi connectivity index (χ2v) is 13.7. The van der Waals surface area contributed by atoms with E-state index in [1.54, 1.807) is 11.7 Å². The summed E-state index contributed by atoms with van der Waals surface area (Å²) in [5.41, 5.74) is 2.63. The van der Waals surface area contributed by atoms with Gasteiger partial charge in [-0.05, 0) is 37.7 Å². The highest BCUT2D eigenvalue weighted by atomic mass is 32.1. The molecule has 0 aromatic carbocycles. The minimum Gasteiger partial charge on any atom is -0.341 e. The summed E-state index contributed by atoms with van der Waals surface area (Å²) < 4.78 is 7.71. The number of hydrogen-bond donors (Lipinski definition) is 0. The fourth-order valence-electron chi connectivity index (χ4n) is 6.93. The Balaban J connectivity index is 1.12. The van der Waals surface area contributed by atoms with E-state index < -0.39 is 0 Å². The van der Waals surface area contributed by atoms with E-state index in [0.29, 0.717) is 48.7 Å². The monoisotopic (exact) mass is 549 g/mol. The van der Waals surface area contributed by atoms with Crippen molar-refractivity contribution in [2.75, 3.05) is 26.2 Å². The Morgan fingerprint density at radius 2 is 1.90 bits per heavy atom. The van der Waals surface area contributed by atoms with Crippen molar-refractivity contribution in [3.8, 4) is 0 Å². The lowest BCUT2D eigenvalue weighted by atomic mass is 9.71. The van der Waals surface area contributed by atoms with Crippen molar-refractivity contribution >= 4 is 23.2 Å². The maximum absolute atomic E-state index is 13.3. The first kappa shape index (κ1) is 24.9. The van der Waals surface area contributed by atoms with Crippen LogP contribution >= 0.6 is 11.3 Å². The number of carbonyl (C=O) groups excluding carboxylic acids is 2. The summed E-state index contributed by atoms with van der Waals surface area (Å²) in [6.07, 6.45) is 9.51. The zero-order valence-corrected chi connectivity index (χ0v) is 23.6. The SMILES string of the molecule is CC(c1nc(C2CN(C(=O)c3cncs3)CC23CN(C(=O)[C@H]2CC2(C)C)C3)no1)n1ccc(C2CCCC2)n1. The van der Waals surface area contributed by atoms with Gasteiger partial charge in [0.15, 0.2) is 5.82 Å². The number of nitrogens with zero attached hydrogens (tertiary/aromatic N) is 7. The molecular weight excluding hydrogens is 514 g/mol. The lowest BCUT2D eigenvalue weighted by molar-refractivity contribution is -0.145. The van der Waals surface area contributed by atoms with Gasteiger partial charge in [0.25, 0.3) is 11.8 Å². The number of amides is 2. The number of thiazole rings is 1. The molecule has 2 amide bonds. The van der Waals surface area contributed by atoms with Crippen LogP contribution in [-0.4, -0.2) is 72.7 Å². The molecule has 3 atom stereocenters. The summed E-state index contributed by atoms with van der Waals surface area (Å²) in [6.45, 7) is 8.60. The smallest absolute Gasteiger partial charge is 0.265 e. The Morgan fingerprint density at radius 3 is 2.59 bits per heavy atom. The van der Waals surface area contributed by atoms with E-state index in [-0.39, 0.29) is 40.5 Å². The van der Waals surface area contributed by atoms with Crippen LogP contribution in [0.2, 0.25) is 0 Å². The first-order valence-electron chi connectivity index (χ1n) is 14.1. The normalized spacial score (nSPS) is 26.2. The summed E-state index contributed by atoms with van der Waals surface area (Å²) in [6, 6.07) is 1.92.